The fourth-order valence-electron chi connectivity index (χ4n) is 3.60. The van der Waals surface area contributed by atoms with Gasteiger partial charge < -0.3 is 5.32 Å². The predicted octanol–water partition coefficient (Wildman–Crippen LogP) is 4.82. The van der Waals surface area contributed by atoms with Gasteiger partial charge in [0.05, 0.1) is 17.7 Å². The number of likely N-dealkylation sites (N-methyl/N-ethyl adjacent to an activating group) is 1. The molecule has 1 heterocycles. The first-order valence-electron chi connectivity index (χ1n) is 8.87. The molecule has 1 aliphatic heterocycles. The van der Waals surface area contributed by atoms with Crippen LogP contribution in [0.2, 0.25) is 0 Å². The second kappa shape index (κ2) is 7.03. The molecule has 4 rings (SSSR count). The number of anilines is 1. The Morgan fingerprint density at radius 2 is 1.69 bits per heavy atom. The minimum Gasteiger partial charge on any atom is -0.383 e. The quantitative estimate of drug-likeness (QED) is 0.727. The molecule has 3 nitrogen and oxygen atoms in total. The summed E-state index contributed by atoms with van der Waals surface area (Å²) in [4.78, 5) is 2.40. The number of benzene rings is 3. The molecule has 1 aliphatic rings. The maximum absolute atomic E-state index is 8.97. The van der Waals surface area contributed by atoms with E-state index in [1.54, 1.807) is 0 Å². The number of nitrogens with one attached hydrogen (secondary N) is 1. The van der Waals surface area contributed by atoms with Crippen molar-refractivity contribution in [1.82, 2.24) is 4.90 Å². The number of nitrogens with zero attached hydrogens (tertiary/aromatic N) is 2. The van der Waals surface area contributed by atoms with Crippen LogP contribution in [0, 0.1) is 11.3 Å². The minimum atomic E-state index is 0.349. The fourth-order valence-corrected chi connectivity index (χ4v) is 3.60. The standard InChI is InChI=1S/C23H21N3/c1-26-16-21-13-20(18-9-7-17(14-24)8-10-18)11-12-22(21)25-15-23(26)19-5-3-2-4-6-19/h2-13,23,25H,15-16H2,1H3. The van der Waals surface area contributed by atoms with Gasteiger partial charge in [0, 0.05) is 18.8 Å². The molecule has 26 heavy (non-hydrogen) atoms. The average Bonchev–Trinajstić information content (AvgIpc) is 2.86. The highest BCUT2D eigenvalue weighted by Crippen LogP contribution is 2.32. The van der Waals surface area contributed by atoms with Gasteiger partial charge in [-0.2, -0.15) is 5.26 Å². The van der Waals surface area contributed by atoms with Crippen LogP contribution >= 0.6 is 0 Å². The van der Waals surface area contributed by atoms with Crippen molar-refractivity contribution in [3.05, 3.63) is 89.5 Å². The largest absolute Gasteiger partial charge is 0.383 e. The normalized spacial score (nSPS) is 16.8. The molecular weight excluding hydrogens is 318 g/mol. The van der Waals surface area contributed by atoms with Crippen molar-refractivity contribution in [3.8, 4) is 17.2 Å². The molecule has 1 unspecified atom stereocenters. The average molecular weight is 339 g/mol. The van der Waals surface area contributed by atoms with Crippen molar-refractivity contribution >= 4 is 5.69 Å². The fraction of sp³-hybridized carbons (Fsp3) is 0.174. The van der Waals surface area contributed by atoms with Gasteiger partial charge in [-0.3, -0.25) is 4.90 Å². The Bertz CT molecular complexity index is 939. The Morgan fingerprint density at radius 3 is 2.42 bits per heavy atom. The molecule has 3 heteroatoms. The number of rotatable bonds is 2. The topological polar surface area (TPSA) is 39.1 Å². The Balaban J connectivity index is 1.63. The zero-order valence-electron chi connectivity index (χ0n) is 14.8. The van der Waals surface area contributed by atoms with Crippen LogP contribution in [0.15, 0.2) is 72.8 Å². The first kappa shape index (κ1) is 16.4. The van der Waals surface area contributed by atoms with Crippen molar-refractivity contribution in [1.29, 1.82) is 5.26 Å². The smallest absolute Gasteiger partial charge is 0.0991 e. The van der Waals surface area contributed by atoms with Crippen LogP contribution in [0.4, 0.5) is 5.69 Å². The summed E-state index contributed by atoms with van der Waals surface area (Å²) in [6, 6.07) is 27.5. The number of hydrogen-bond acceptors (Lipinski definition) is 3. The molecule has 0 amide bonds. The van der Waals surface area contributed by atoms with Crippen molar-refractivity contribution in [2.24, 2.45) is 0 Å². The van der Waals surface area contributed by atoms with Crippen LogP contribution in [0.3, 0.4) is 0 Å². The van der Waals surface area contributed by atoms with Crippen LogP contribution in [0.5, 0.6) is 0 Å². The zero-order valence-corrected chi connectivity index (χ0v) is 14.8. The maximum Gasteiger partial charge on any atom is 0.0991 e. The summed E-state index contributed by atoms with van der Waals surface area (Å²) in [5.74, 6) is 0. The summed E-state index contributed by atoms with van der Waals surface area (Å²) < 4.78 is 0. The highest BCUT2D eigenvalue weighted by atomic mass is 15.2. The molecule has 0 fully saturated rings. The van der Waals surface area contributed by atoms with Crippen LogP contribution in [-0.2, 0) is 6.54 Å². The molecule has 0 spiro atoms. The Morgan fingerprint density at radius 1 is 0.962 bits per heavy atom. The van der Waals surface area contributed by atoms with E-state index in [9.17, 15) is 0 Å². The summed E-state index contributed by atoms with van der Waals surface area (Å²) in [6.07, 6.45) is 0. The summed E-state index contributed by atoms with van der Waals surface area (Å²) in [7, 11) is 2.18. The molecule has 0 saturated heterocycles. The van der Waals surface area contributed by atoms with Gasteiger partial charge in [0.15, 0.2) is 0 Å². The van der Waals surface area contributed by atoms with Crippen LogP contribution in [0.25, 0.3) is 11.1 Å². The molecule has 3 aromatic rings. The highest BCUT2D eigenvalue weighted by molar-refractivity contribution is 5.69. The summed E-state index contributed by atoms with van der Waals surface area (Å²) in [6.45, 7) is 1.79. The molecule has 0 radical (unpaired) electrons. The molecule has 0 aliphatic carbocycles. The first-order valence-corrected chi connectivity index (χ1v) is 8.87. The summed E-state index contributed by atoms with van der Waals surface area (Å²) in [5.41, 5.74) is 6.85. The number of nitriles is 1. The third-order valence-corrected chi connectivity index (χ3v) is 5.07. The molecular formula is C23H21N3. The Kier molecular flexibility index (Phi) is 4.43. The van der Waals surface area contributed by atoms with Gasteiger partial charge in [0.1, 0.15) is 0 Å². The van der Waals surface area contributed by atoms with E-state index in [0.29, 0.717) is 11.6 Å². The maximum atomic E-state index is 8.97. The van der Waals surface area contributed by atoms with Crippen molar-refractivity contribution in [3.63, 3.8) is 0 Å². The summed E-state index contributed by atoms with van der Waals surface area (Å²) >= 11 is 0. The van der Waals surface area contributed by atoms with Crippen molar-refractivity contribution in [2.45, 2.75) is 12.6 Å². The number of fused-ring (bicyclic) bond motifs is 1. The molecule has 0 aromatic heterocycles. The lowest BCUT2D eigenvalue weighted by molar-refractivity contribution is 0.252. The third-order valence-electron chi connectivity index (χ3n) is 5.07. The van der Waals surface area contributed by atoms with Crippen LogP contribution in [0.1, 0.15) is 22.7 Å². The lowest BCUT2D eigenvalue weighted by atomic mass is 10.0. The van der Waals surface area contributed by atoms with Gasteiger partial charge in [-0.25, -0.2) is 0 Å². The van der Waals surface area contributed by atoms with Crippen molar-refractivity contribution < 1.29 is 0 Å². The van der Waals surface area contributed by atoms with Crippen LogP contribution in [-0.4, -0.2) is 18.5 Å². The Labute approximate surface area is 154 Å². The molecule has 0 saturated carbocycles. The van der Waals surface area contributed by atoms with E-state index >= 15 is 0 Å². The van der Waals surface area contributed by atoms with E-state index in [0.717, 1.165) is 18.7 Å². The molecule has 1 N–H and O–H groups in total. The van der Waals surface area contributed by atoms with E-state index in [-0.39, 0.29) is 0 Å². The van der Waals surface area contributed by atoms with Gasteiger partial charge in [-0.15, -0.1) is 0 Å². The van der Waals surface area contributed by atoms with Gasteiger partial charge in [-0.05, 0) is 53.6 Å². The SMILES string of the molecule is CN1Cc2cc(-c3ccc(C#N)cc3)ccc2NCC1c1ccccc1. The van der Waals surface area contributed by atoms with Crippen molar-refractivity contribution in [2.75, 3.05) is 18.9 Å². The van der Waals surface area contributed by atoms with Gasteiger partial charge in [0.25, 0.3) is 0 Å². The number of hydrogen-bond donors (Lipinski definition) is 1. The minimum absolute atomic E-state index is 0.349. The van der Waals surface area contributed by atoms with Crippen LogP contribution < -0.4 is 5.32 Å². The Hall–Kier alpha value is -3.09. The van der Waals surface area contributed by atoms with Gasteiger partial charge in [-0.1, -0.05) is 48.5 Å². The summed E-state index contributed by atoms with van der Waals surface area (Å²) in [5, 5.41) is 12.6. The van der Waals surface area contributed by atoms with E-state index in [1.165, 1.54) is 22.4 Å². The van der Waals surface area contributed by atoms with E-state index in [2.05, 4.69) is 71.9 Å². The zero-order chi connectivity index (χ0) is 17.9. The predicted molar refractivity (Wildman–Crippen MR) is 106 cm³/mol. The second-order valence-corrected chi connectivity index (χ2v) is 6.78. The van der Waals surface area contributed by atoms with Gasteiger partial charge >= 0.3 is 0 Å². The highest BCUT2D eigenvalue weighted by Gasteiger charge is 2.22. The lowest BCUT2D eigenvalue weighted by Crippen LogP contribution is -2.26. The molecule has 128 valence electrons. The van der Waals surface area contributed by atoms with E-state index in [4.69, 9.17) is 5.26 Å². The molecule has 3 aromatic carbocycles. The second-order valence-electron chi connectivity index (χ2n) is 6.78. The molecule has 0 bridgehead atoms. The third kappa shape index (κ3) is 3.20. The first-order chi connectivity index (χ1) is 12.7. The molecule has 1 atom stereocenters. The van der Waals surface area contributed by atoms with E-state index < -0.39 is 0 Å². The van der Waals surface area contributed by atoms with Gasteiger partial charge in [0.2, 0.25) is 0 Å². The monoisotopic (exact) mass is 339 g/mol. The lowest BCUT2D eigenvalue weighted by Gasteiger charge is -2.25. The van der Waals surface area contributed by atoms with E-state index in [1.807, 2.05) is 24.3 Å².